The molecule has 2 N–H and O–H groups in total. The number of carbonyl (C=O) groups is 2. The number of hydrogen-bond acceptors (Lipinski definition) is 7. The van der Waals surface area contributed by atoms with Crippen LogP contribution in [0.1, 0.15) is 37.8 Å². The number of nitrogens with one attached hydrogen (secondary N) is 2. The summed E-state index contributed by atoms with van der Waals surface area (Å²) < 4.78 is 6.46. The van der Waals surface area contributed by atoms with Gasteiger partial charge in [0.25, 0.3) is 5.91 Å². The average molecular weight is 398 g/mol. The summed E-state index contributed by atoms with van der Waals surface area (Å²) in [6, 6.07) is 8.06. The van der Waals surface area contributed by atoms with Crippen molar-refractivity contribution in [2.75, 3.05) is 12.4 Å². The second-order valence-electron chi connectivity index (χ2n) is 6.20. The number of aryl methyl sites for hydroxylation is 1. The van der Waals surface area contributed by atoms with Crippen LogP contribution in [0.5, 0.6) is 0 Å². The van der Waals surface area contributed by atoms with E-state index in [0.29, 0.717) is 34.7 Å². The molecule has 3 rings (SSSR count). The smallest absolute Gasteiger partial charge is 0.343 e. The molecule has 0 unspecified atom stereocenters. The molecule has 0 atom stereocenters. The van der Waals surface area contributed by atoms with Crippen molar-refractivity contribution in [2.24, 2.45) is 0 Å². The van der Waals surface area contributed by atoms with Crippen LogP contribution in [-0.4, -0.2) is 43.9 Å². The lowest BCUT2D eigenvalue weighted by Crippen LogP contribution is -2.14. The molecule has 11 heteroatoms. The van der Waals surface area contributed by atoms with Gasteiger partial charge in [0.05, 0.1) is 42.4 Å². The fourth-order valence-electron chi connectivity index (χ4n) is 2.86. The number of methoxy groups -OCH3 is 1. The molecule has 0 fully saturated rings. The molecule has 2 aromatic heterocycles. The fraction of sp³-hybridized carbons (Fsp3) is 0.222. The number of aromatic nitrogens is 4. The monoisotopic (exact) mass is 398 g/mol. The molecule has 0 saturated heterocycles. The Morgan fingerprint density at radius 1 is 1.31 bits per heavy atom. The van der Waals surface area contributed by atoms with Crippen LogP contribution in [0, 0.1) is 24.0 Å². The highest BCUT2D eigenvalue weighted by molar-refractivity contribution is 6.03. The number of nitro groups is 1. The van der Waals surface area contributed by atoms with Gasteiger partial charge >= 0.3 is 11.8 Å². The van der Waals surface area contributed by atoms with E-state index in [1.54, 1.807) is 42.8 Å². The Kier molecular flexibility index (Phi) is 5.39. The van der Waals surface area contributed by atoms with Gasteiger partial charge in [-0.2, -0.15) is 5.10 Å². The van der Waals surface area contributed by atoms with Crippen LogP contribution in [0.25, 0.3) is 0 Å². The maximum absolute atomic E-state index is 12.4. The van der Waals surface area contributed by atoms with E-state index in [1.165, 1.54) is 7.11 Å². The van der Waals surface area contributed by atoms with Gasteiger partial charge in [0.15, 0.2) is 5.69 Å². The van der Waals surface area contributed by atoms with E-state index in [9.17, 15) is 19.7 Å². The van der Waals surface area contributed by atoms with Crippen LogP contribution >= 0.6 is 0 Å². The Morgan fingerprint density at radius 3 is 2.69 bits per heavy atom. The molecule has 0 radical (unpaired) electrons. The first-order valence-corrected chi connectivity index (χ1v) is 8.53. The van der Waals surface area contributed by atoms with Crippen molar-refractivity contribution in [1.29, 1.82) is 0 Å². The van der Waals surface area contributed by atoms with Crippen LogP contribution in [0.3, 0.4) is 0 Å². The number of anilines is 1. The van der Waals surface area contributed by atoms with E-state index in [1.807, 2.05) is 0 Å². The van der Waals surface area contributed by atoms with Crippen LogP contribution in [-0.2, 0) is 11.3 Å². The number of carbonyl (C=O) groups excluding carboxylic acids is 2. The third-order valence-electron chi connectivity index (χ3n) is 4.36. The Balaban J connectivity index is 1.85. The molecule has 0 aliphatic heterocycles. The number of ether oxygens (including phenoxy) is 1. The predicted molar refractivity (Wildman–Crippen MR) is 102 cm³/mol. The lowest BCUT2D eigenvalue weighted by molar-refractivity contribution is -0.389. The molecule has 1 amide bonds. The van der Waals surface area contributed by atoms with E-state index in [-0.39, 0.29) is 11.5 Å². The number of amides is 1. The topological polar surface area (TPSA) is 145 Å². The van der Waals surface area contributed by atoms with Crippen LogP contribution in [0.4, 0.5) is 11.5 Å². The molecule has 3 aromatic rings. The van der Waals surface area contributed by atoms with Gasteiger partial charge < -0.3 is 20.2 Å². The highest BCUT2D eigenvalue weighted by Gasteiger charge is 2.21. The standard InChI is InChI=1S/C18H18N6O5/c1-10-16(19-17(25)14-8-15(21-20-14)24(27)28)11(2)23(22-10)9-12-6-4-5-7-13(12)18(26)29-3/h4-8H,9H2,1-3H3,(H,19,25)(H,20,21). The summed E-state index contributed by atoms with van der Waals surface area (Å²) >= 11 is 0. The second-order valence-corrected chi connectivity index (χ2v) is 6.20. The maximum Gasteiger partial charge on any atom is 0.343 e. The van der Waals surface area contributed by atoms with E-state index >= 15 is 0 Å². The normalized spacial score (nSPS) is 10.6. The highest BCUT2D eigenvalue weighted by atomic mass is 16.6. The lowest BCUT2D eigenvalue weighted by Gasteiger charge is -2.10. The van der Waals surface area contributed by atoms with E-state index in [4.69, 9.17) is 4.74 Å². The van der Waals surface area contributed by atoms with Gasteiger partial charge in [0, 0.05) is 0 Å². The first-order valence-electron chi connectivity index (χ1n) is 8.53. The number of aromatic amines is 1. The molecule has 150 valence electrons. The van der Waals surface area contributed by atoms with Crippen molar-refractivity contribution in [3.05, 3.63) is 68.7 Å². The molecule has 0 spiro atoms. The minimum Gasteiger partial charge on any atom is -0.465 e. The summed E-state index contributed by atoms with van der Waals surface area (Å²) in [5, 5.41) is 23.7. The van der Waals surface area contributed by atoms with Gasteiger partial charge in [-0.25, -0.2) is 4.79 Å². The molecular weight excluding hydrogens is 380 g/mol. The van der Waals surface area contributed by atoms with Crippen molar-refractivity contribution in [1.82, 2.24) is 20.0 Å². The first kappa shape index (κ1) is 19.7. The quantitative estimate of drug-likeness (QED) is 0.368. The van der Waals surface area contributed by atoms with Crippen LogP contribution in [0.2, 0.25) is 0 Å². The minimum absolute atomic E-state index is 0.112. The lowest BCUT2D eigenvalue weighted by atomic mass is 10.1. The summed E-state index contributed by atoms with van der Waals surface area (Å²) in [7, 11) is 1.31. The number of rotatable bonds is 6. The van der Waals surface area contributed by atoms with Gasteiger partial charge in [-0.05, 0) is 30.4 Å². The summed E-state index contributed by atoms with van der Waals surface area (Å²) in [6.45, 7) is 3.78. The molecule has 0 aliphatic rings. The zero-order valence-corrected chi connectivity index (χ0v) is 15.9. The predicted octanol–water partition coefficient (Wildman–Crippen LogP) is 2.22. The zero-order chi connectivity index (χ0) is 21.1. The van der Waals surface area contributed by atoms with Gasteiger partial charge in [-0.15, -0.1) is 5.10 Å². The molecule has 29 heavy (non-hydrogen) atoms. The summed E-state index contributed by atoms with van der Waals surface area (Å²) in [4.78, 5) is 34.4. The Morgan fingerprint density at radius 2 is 2.03 bits per heavy atom. The Bertz CT molecular complexity index is 1100. The maximum atomic E-state index is 12.4. The van der Waals surface area contributed by atoms with Crippen molar-refractivity contribution in [3.8, 4) is 0 Å². The number of hydrogen-bond donors (Lipinski definition) is 2. The molecular formula is C18H18N6O5. The zero-order valence-electron chi connectivity index (χ0n) is 15.9. The molecule has 11 nitrogen and oxygen atoms in total. The Labute approximate surface area is 164 Å². The van der Waals surface area contributed by atoms with Crippen molar-refractivity contribution in [2.45, 2.75) is 20.4 Å². The van der Waals surface area contributed by atoms with Crippen molar-refractivity contribution < 1.29 is 19.2 Å². The van der Waals surface area contributed by atoms with E-state index in [2.05, 4.69) is 20.6 Å². The van der Waals surface area contributed by atoms with Crippen molar-refractivity contribution in [3.63, 3.8) is 0 Å². The van der Waals surface area contributed by atoms with Gasteiger partial charge in [-0.3, -0.25) is 9.48 Å². The number of H-pyrrole nitrogens is 1. The third kappa shape index (κ3) is 3.98. The summed E-state index contributed by atoms with van der Waals surface area (Å²) in [5.74, 6) is -1.43. The van der Waals surface area contributed by atoms with E-state index in [0.717, 1.165) is 6.07 Å². The molecule has 0 saturated carbocycles. The molecule has 0 aliphatic carbocycles. The number of esters is 1. The third-order valence-corrected chi connectivity index (χ3v) is 4.36. The van der Waals surface area contributed by atoms with Crippen LogP contribution < -0.4 is 5.32 Å². The molecule has 2 heterocycles. The first-order chi connectivity index (χ1) is 13.8. The number of benzene rings is 1. The van der Waals surface area contributed by atoms with Crippen molar-refractivity contribution >= 4 is 23.4 Å². The largest absolute Gasteiger partial charge is 0.465 e. The second kappa shape index (κ2) is 7.92. The van der Waals surface area contributed by atoms with Gasteiger partial charge in [0.2, 0.25) is 0 Å². The average Bonchev–Trinajstić information content (AvgIpc) is 3.29. The summed E-state index contributed by atoms with van der Waals surface area (Å²) in [5.41, 5.74) is 2.70. The highest BCUT2D eigenvalue weighted by Crippen LogP contribution is 2.22. The van der Waals surface area contributed by atoms with Gasteiger partial charge in [0.1, 0.15) is 0 Å². The number of nitrogens with zero attached hydrogens (tertiary/aromatic N) is 4. The summed E-state index contributed by atoms with van der Waals surface area (Å²) in [6.07, 6.45) is 0. The molecule has 0 bridgehead atoms. The minimum atomic E-state index is -0.670. The van der Waals surface area contributed by atoms with E-state index < -0.39 is 16.8 Å². The SMILES string of the molecule is COC(=O)c1ccccc1Cn1nc(C)c(NC(=O)c2cc([N+](=O)[O-])[nH]n2)c1C. The van der Waals surface area contributed by atoms with Crippen LogP contribution in [0.15, 0.2) is 30.3 Å². The Hall–Kier alpha value is -4.02. The van der Waals surface area contributed by atoms with Gasteiger partial charge in [-0.1, -0.05) is 23.3 Å². The molecule has 1 aromatic carbocycles. The fourth-order valence-corrected chi connectivity index (χ4v) is 2.86.